The number of halogens is 1. The molecule has 0 spiro atoms. The van der Waals surface area contributed by atoms with E-state index in [2.05, 4.69) is 5.32 Å². The van der Waals surface area contributed by atoms with Crippen LogP contribution >= 0.6 is 0 Å². The van der Waals surface area contributed by atoms with Crippen LogP contribution in [0.2, 0.25) is 0 Å². The Labute approximate surface area is 63.0 Å². The number of hydrogen-bond acceptors (Lipinski definition) is 1. The molecule has 0 unspecified atom stereocenters. The molecule has 0 fully saturated rings. The average molecular weight is 147 g/mol. The van der Waals surface area contributed by atoms with Gasteiger partial charge in [0.05, 0.1) is 0 Å². The fraction of sp³-hybridized carbons (Fsp3) is 1.00. The Morgan fingerprint density at radius 1 is 1.40 bits per heavy atom. The molecule has 0 aromatic heterocycles. The van der Waals surface area contributed by atoms with Crippen LogP contribution in [0.3, 0.4) is 0 Å². The molecule has 0 amide bonds. The Hall–Kier alpha value is -0.110. The first-order valence-electron chi connectivity index (χ1n) is 3.95. The minimum Gasteiger partial charge on any atom is -0.320 e. The maximum Gasteiger partial charge on any atom is 0.102 e. The van der Waals surface area contributed by atoms with Crippen molar-refractivity contribution in [3.63, 3.8) is 0 Å². The molecule has 0 saturated carbocycles. The Morgan fingerprint density at radius 3 is 2.40 bits per heavy atom. The number of rotatable bonds is 5. The van der Waals surface area contributed by atoms with Crippen molar-refractivity contribution in [3.8, 4) is 0 Å². The van der Waals surface area contributed by atoms with E-state index in [4.69, 9.17) is 0 Å². The maximum atomic E-state index is 12.8. The second-order valence-corrected chi connectivity index (χ2v) is 3.12. The van der Waals surface area contributed by atoms with E-state index in [0.29, 0.717) is 18.8 Å². The fourth-order valence-corrected chi connectivity index (χ4v) is 0.930. The highest BCUT2D eigenvalue weighted by molar-refractivity contribution is 4.59. The second kappa shape index (κ2) is 5.66. The zero-order valence-electron chi connectivity index (χ0n) is 7.15. The molecule has 10 heavy (non-hydrogen) atoms. The van der Waals surface area contributed by atoms with Crippen LogP contribution in [0.25, 0.3) is 0 Å². The van der Waals surface area contributed by atoms with Gasteiger partial charge in [-0.3, -0.25) is 0 Å². The zero-order chi connectivity index (χ0) is 7.98. The van der Waals surface area contributed by atoms with Crippen molar-refractivity contribution < 1.29 is 4.39 Å². The van der Waals surface area contributed by atoms with Crippen molar-refractivity contribution in [2.24, 2.45) is 5.92 Å². The smallest absolute Gasteiger partial charge is 0.102 e. The van der Waals surface area contributed by atoms with E-state index in [0.717, 1.165) is 6.54 Å². The molecule has 0 aliphatic rings. The van der Waals surface area contributed by atoms with Crippen LogP contribution in [-0.4, -0.2) is 19.8 Å². The van der Waals surface area contributed by atoms with Crippen LogP contribution in [0.15, 0.2) is 0 Å². The minimum atomic E-state index is -0.618. The van der Waals surface area contributed by atoms with Crippen LogP contribution in [0.5, 0.6) is 0 Å². The summed E-state index contributed by atoms with van der Waals surface area (Å²) < 4.78 is 12.8. The molecule has 0 rings (SSSR count). The van der Waals surface area contributed by atoms with Crippen molar-refractivity contribution in [3.05, 3.63) is 0 Å². The summed E-state index contributed by atoms with van der Waals surface area (Å²) in [5.74, 6) is 0.479. The zero-order valence-corrected chi connectivity index (χ0v) is 7.15. The molecule has 0 aromatic carbocycles. The fourth-order valence-electron chi connectivity index (χ4n) is 0.930. The minimum absolute atomic E-state index is 0.479. The van der Waals surface area contributed by atoms with E-state index in [1.54, 1.807) is 0 Å². The third-order valence-corrected chi connectivity index (χ3v) is 1.43. The van der Waals surface area contributed by atoms with Gasteiger partial charge in [-0.05, 0) is 32.4 Å². The standard InChI is InChI=1S/C8H18FN/c1-7(2)6-8(9)4-5-10-3/h7-8,10H,4-6H2,1-3H3/t8-/m1/s1. The van der Waals surface area contributed by atoms with E-state index >= 15 is 0 Å². The molecule has 0 heterocycles. The molecule has 0 aromatic rings. The average Bonchev–Trinajstić information content (AvgIpc) is 1.82. The Morgan fingerprint density at radius 2 is 2.00 bits per heavy atom. The molecular weight excluding hydrogens is 129 g/mol. The van der Waals surface area contributed by atoms with Gasteiger partial charge in [0, 0.05) is 0 Å². The van der Waals surface area contributed by atoms with Crippen molar-refractivity contribution >= 4 is 0 Å². The summed E-state index contributed by atoms with van der Waals surface area (Å²) in [6.45, 7) is 4.88. The van der Waals surface area contributed by atoms with E-state index in [1.165, 1.54) is 0 Å². The van der Waals surface area contributed by atoms with Crippen LogP contribution in [0.1, 0.15) is 26.7 Å². The first-order chi connectivity index (χ1) is 4.66. The largest absolute Gasteiger partial charge is 0.320 e. The highest BCUT2D eigenvalue weighted by atomic mass is 19.1. The lowest BCUT2D eigenvalue weighted by Gasteiger charge is -2.09. The number of hydrogen-bond donors (Lipinski definition) is 1. The van der Waals surface area contributed by atoms with Gasteiger partial charge in [0.25, 0.3) is 0 Å². The maximum absolute atomic E-state index is 12.8. The van der Waals surface area contributed by atoms with Gasteiger partial charge in [-0.2, -0.15) is 0 Å². The summed E-state index contributed by atoms with van der Waals surface area (Å²) in [6, 6.07) is 0. The summed E-state index contributed by atoms with van der Waals surface area (Å²) in [6.07, 6.45) is 0.726. The molecule has 0 saturated heterocycles. The molecule has 1 nitrogen and oxygen atoms in total. The first kappa shape index (κ1) is 9.89. The van der Waals surface area contributed by atoms with Crippen molar-refractivity contribution in [2.45, 2.75) is 32.9 Å². The molecule has 0 aliphatic carbocycles. The van der Waals surface area contributed by atoms with Crippen LogP contribution in [-0.2, 0) is 0 Å². The third-order valence-electron chi connectivity index (χ3n) is 1.43. The number of alkyl halides is 1. The van der Waals surface area contributed by atoms with E-state index in [1.807, 2.05) is 20.9 Å². The molecule has 0 radical (unpaired) electrons. The van der Waals surface area contributed by atoms with Gasteiger partial charge in [-0.15, -0.1) is 0 Å². The highest BCUT2D eigenvalue weighted by Gasteiger charge is 2.07. The van der Waals surface area contributed by atoms with E-state index in [9.17, 15) is 4.39 Å². The predicted octanol–water partition coefficient (Wildman–Crippen LogP) is 1.98. The van der Waals surface area contributed by atoms with Gasteiger partial charge in [0.1, 0.15) is 6.17 Å². The monoisotopic (exact) mass is 147 g/mol. The van der Waals surface area contributed by atoms with Crippen molar-refractivity contribution in [1.82, 2.24) is 5.32 Å². The van der Waals surface area contributed by atoms with Crippen LogP contribution in [0, 0.1) is 5.92 Å². The third kappa shape index (κ3) is 6.02. The quantitative estimate of drug-likeness (QED) is 0.627. The van der Waals surface area contributed by atoms with Gasteiger partial charge in [-0.25, -0.2) is 4.39 Å². The van der Waals surface area contributed by atoms with Gasteiger partial charge in [0.2, 0.25) is 0 Å². The lowest BCUT2D eigenvalue weighted by atomic mass is 10.1. The lowest BCUT2D eigenvalue weighted by molar-refractivity contribution is 0.266. The van der Waals surface area contributed by atoms with E-state index < -0.39 is 6.17 Å². The van der Waals surface area contributed by atoms with Gasteiger partial charge >= 0.3 is 0 Å². The first-order valence-corrected chi connectivity index (χ1v) is 3.95. The SMILES string of the molecule is CNCC[C@@H](F)CC(C)C. The Bertz CT molecular complexity index is 73.7. The molecule has 2 heteroatoms. The summed E-state index contributed by atoms with van der Waals surface area (Å²) in [5, 5.41) is 2.93. The topological polar surface area (TPSA) is 12.0 Å². The molecule has 62 valence electrons. The Balaban J connectivity index is 3.16. The molecular formula is C8H18FN. The summed E-state index contributed by atoms with van der Waals surface area (Å²) in [4.78, 5) is 0. The lowest BCUT2D eigenvalue weighted by Crippen LogP contribution is -2.15. The number of nitrogens with one attached hydrogen (secondary N) is 1. The van der Waals surface area contributed by atoms with Gasteiger partial charge in [0.15, 0.2) is 0 Å². The van der Waals surface area contributed by atoms with Gasteiger partial charge < -0.3 is 5.32 Å². The second-order valence-electron chi connectivity index (χ2n) is 3.12. The Kier molecular flexibility index (Phi) is 5.60. The van der Waals surface area contributed by atoms with Crippen LogP contribution in [0.4, 0.5) is 4.39 Å². The molecule has 0 aliphatic heterocycles. The summed E-state index contributed by atoms with van der Waals surface area (Å²) in [7, 11) is 1.85. The van der Waals surface area contributed by atoms with Crippen molar-refractivity contribution in [2.75, 3.05) is 13.6 Å². The molecule has 0 bridgehead atoms. The normalized spacial score (nSPS) is 14.1. The van der Waals surface area contributed by atoms with Crippen LogP contribution < -0.4 is 5.32 Å². The highest BCUT2D eigenvalue weighted by Crippen LogP contribution is 2.10. The van der Waals surface area contributed by atoms with Gasteiger partial charge in [-0.1, -0.05) is 13.8 Å². The summed E-state index contributed by atoms with van der Waals surface area (Å²) in [5.41, 5.74) is 0. The summed E-state index contributed by atoms with van der Waals surface area (Å²) >= 11 is 0. The van der Waals surface area contributed by atoms with Crippen molar-refractivity contribution in [1.29, 1.82) is 0 Å². The molecule has 1 N–H and O–H groups in total. The molecule has 1 atom stereocenters. The predicted molar refractivity (Wildman–Crippen MR) is 42.9 cm³/mol. The van der Waals surface area contributed by atoms with E-state index in [-0.39, 0.29) is 0 Å².